The molecule has 0 saturated carbocycles. The highest BCUT2D eigenvalue weighted by Crippen LogP contribution is 2.24. The Hall–Kier alpha value is -4.54. The van der Waals surface area contributed by atoms with Gasteiger partial charge in [-0.2, -0.15) is 4.31 Å². The number of sulfonamides is 1. The third kappa shape index (κ3) is 5.72. The van der Waals surface area contributed by atoms with Crippen molar-refractivity contribution >= 4 is 21.6 Å². The lowest BCUT2D eigenvalue weighted by atomic mass is 10.1. The van der Waals surface area contributed by atoms with Gasteiger partial charge < -0.3 is 14.3 Å². The van der Waals surface area contributed by atoms with E-state index in [1.807, 2.05) is 30.3 Å². The summed E-state index contributed by atoms with van der Waals surface area (Å²) in [5.74, 6) is -0.102. The van der Waals surface area contributed by atoms with Gasteiger partial charge in [0, 0.05) is 23.9 Å². The molecule has 192 valence electrons. The monoisotopic (exact) mass is 531 g/mol. The van der Waals surface area contributed by atoms with Crippen LogP contribution in [0.25, 0.3) is 11.3 Å². The van der Waals surface area contributed by atoms with Gasteiger partial charge in [-0.3, -0.25) is 4.79 Å². The van der Waals surface area contributed by atoms with Crippen molar-refractivity contribution in [3.05, 3.63) is 126 Å². The van der Waals surface area contributed by atoms with Crippen LogP contribution in [0.2, 0.25) is 0 Å². The molecule has 5 rings (SSSR count). The summed E-state index contributed by atoms with van der Waals surface area (Å²) in [5, 5.41) is 6.45. The number of hydrogen-bond acceptors (Lipinski definition) is 6. The number of aromatic nitrogens is 1. The Labute approximate surface area is 218 Å². The molecule has 3 aromatic carbocycles. The van der Waals surface area contributed by atoms with E-state index in [2.05, 4.69) is 10.5 Å². The summed E-state index contributed by atoms with van der Waals surface area (Å²) < 4.78 is 52.1. The number of amides is 1. The van der Waals surface area contributed by atoms with Crippen molar-refractivity contribution in [2.45, 2.75) is 18.0 Å². The van der Waals surface area contributed by atoms with Crippen molar-refractivity contribution < 1.29 is 26.5 Å². The Morgan fingerprint density at radius 3 is 2.32 bits per heavy atom. The number of furan rings is 1. The number of nitrogens with zero attached hydrogens (tertiary/aromatic N) is 2. The molecule has 8 nitrogen and oxygen atoms in total. The molecule has 1 amide bonds. The minimum absolute atomic E-state index is 0.0218. The van der Waals surface area contributed by atoms with Crippen molar-refractivity contribution in [1.29, 1.82) is 0 Å². The summed E-state index contributed by atoms with van der Waals surface area (Å²) in [6.45, 7) is 0.218. The lowest BCUT2D eigenvalue weighted by molar-refractivity contribution is 0.101. The summed E-state index contributed by atoms with van der Waals surface area (Å²) >= 11 is 0. The largest absolute Gasteiger partial charge is 0.468 e. The molecule has 0 atom stereocenters. The van der Waals surface area contributed by atoms with Crippen LogP contribution >= 0.6 is 0 Å². The Bertz CT molecular complexity index is 1620. The molecule has 2 aromatic heterocycles. The first kappa shape index (κ1) is 25.1. The van der Waals surface area contributed by atoms with E-state index in [0.717, 1.165) is 5.56 Å². The van der Waals surface area contributed by atoms with Gasteiger partial charge in [-0.05, 0) is 66.2 Å². The number of carbonyl (C=O) groups excluding carboxylic acids is 1. The van der Waals surface area contributed by atoms with E-state index in [0.29, 0.717) is 22.8 Å². The zero-order chi connectivity index (χ0) is 26.5. The van der Waals surface area contributed by atoms with E-state index in [-0.39, 0.29) is 29.5 Å². The molecular formula is C28H22FN3O5S. The van der Waals surface area contributed by atoms with Gasteiger partial charge in [-0.15, -0.1) is 0 Å². The molecule has 0 spiro atoms. The van der Waals surface area contributed by atoms with E-state index in [1.165, 1.54) is 65.2 Å². The fourth-order valence-corrected chi connectivity index (χ4v) is 5.17. The number of halogens is 1. The second-order valence-electron chi connectivity index (χ2n) is 8.40. The Morgan fingerprint density at radius 1 is 0.895 bits per heavy atom. The third-order valence-corrected chi connectivity index (χ3v) is 7.54. The number of benzene rings is 3. The van der Waals surface area contributed by atoms with Crippen molar-refractivity contribution in [2.24, 2.45) is 0 Å². The number of rotatable bonds is 9. The number of hydrogen-bond donors (Lipinski definition) is 1. The quantitative estimate of drug-likeness (QED) is 0.261. The zero-order valence-electron chi connectivity index (χ0n) is 20.0. The molecule has 38 heavy (non-hydrogen) atoms. The molecule has 0 aliphatic heterocycles. The summed E-state index contributed by atoms with van der Waals surface area (Å²) in [6, 6.07) is 25.6. The zero-order valence-corrected chi connectivity index (χ0v) is 20.8. The fraction of sp³-hybridized carbons (Fsp3) is 0.0714. The van der Waals surface area contributed by atoms with E-state index < -0.39 is 15.9 Å². The van der Waals surface area contributed by atoms with Crippen LogP contribution in [0, 0.1) is 5.82 Å². The predicted octanol–water partition coefficient (Wildman–Crippen LogP) is 5.72. The van der Waals surface area contributed by atoms with Gasteiger partial charge in [0.2, 0.25) is 10.0 Å². The highest BCUT2D eigenvalue weighted by Gasteiger charge is 2.26. The van der Waals surface area contributed by atoms with E-state index in [9.17, 15) is 17.6 Å². The summed E-state index contributed by atoms with van der Waals surface area (Å²) in [4.78, 5) is 12.7. The maximum atomic E-state index is 13.5. The third-order valence-electron chi connectivity index (χ3n) is 5.74. The van der Waals surface area contributed by atoms with Crippen LogP contribution in [0.5, 0.6) is 0 Å². The van der Waals surface area contributed by atoms with Crippen molar-refractivity contribution in [1.82, 2.24) is 9.46 Å². The van der Waals surface area contributed by atoms with Crippen LogP contribution in [0.15, 0.2) is 117 Å². The minimum atomic E-state index is -3.90. The second-order valence-corrected chi connectivity index (χ2v) is 10.3. The molecule has 1 N–H and O–H groups in total. The lowest BCUT2D eigenvalue weighted by Gasteiger charge is -2.21. The van der Waals surface area contributed by atoms with Gasteiger partial charge in [0.05, 0.1) is 17.7 Å². The van der Waals surface area contributed by atoms with E-state index in [1.54, 1.807) is 12.1 Å². The predicted molar refractivity (Wildman–Crippen MR) is 138 cm³/mol. The molecule has 5 aromatic rings. The molecule has 0 radical (unpaired) electrons. The van der Waals surface area contributed by atoms with Crippen LogP contribution in [-0.2, 0) is 23.1 Å². The standard InChI is InChI=1S/C28H22FN3O5S/c29-22-10-8-21(9-11-22)27-17-26(31-37-27)28(33)30-23-12-14-25(15-13-23)38(34,35)32(19-24-7-4-16-36-24)18-20-5-2-1-3-6-20/h1-17H,18-19H2,(H,30,33). The van der Waals surface area contributed by atoms with Crippen LogP contribution < -0.4 is 5.32 Å². The average Bonchev–Trinajstić information content (AvgIpc) is 3.63. The molecule has 10 heteroatoms. The molecular weight excluding hydrogens is 509 g/mol. The summed E-state index contributed by atoms with van der Waals surface area (Å²) in [6.07, 6.45) is 1.50. The van der Waals surface area contributed by atoms with Gasteiger partial charge in [0.15, 0.2) is 11.5 Å². The Kier molecular flexibility index (Phi) is 7.16. The first-order valence-electron chi connectivity index (χ1n) is 11.6. The normalized spacial score (nSPS) is 11.5. The molecule has 0 aliphatic carbocycles. The molecule has 0 saturated heterocycles. The summed E-state index contributed by atoms with van der Waals surface area (Å²) in [7, 11) is -3.90. The molecule has 2 heterocycles. The molecule has 0 unspecified atom stereocenters. The van der Waals surface area contributed by atoms with Crippen LogP contribution in [-0.4, -0.2) is 23.8 Å². The van der Waals surface area contributed by atoms with Crippen molar-refractivity contribution in [2.75, 3.05) is 5.32 Å². The topological polar surface area (TPSA) is 106 Å². The maximum absolute atomic E-state index is 13.5. The van der Waals surface area contributed by atoms with Gasteiger partial charge >= 0.3 is 0 Å². The van der Waals surface area contributed by atoms with Crippen LogP contribution in [0.1, 0.15) is 21.8 Å². The Morgan fingerprint density at radius 2 is 1.63 bits per heavy atom. The first-order chi connectivity index (χ1) is 18.4. The fourth-order valence-electron chi connectivity index (χ4n) is 3.78. The minimum Gasteiger partial charge on any atom is -0.468 e. The summed E-state index contributed by atoms with van der Waals surface area (Å²) in [5.41, 5.74) is 1.80. The average molecular weight is 532 g/mol. The van der Waals surface area contributed by atoms with Gasteiger partial charge in [0.25, 0.3) is 5.91 Å². The lowest BCUT2D eigenvalue weighted by Crippen LogP contribution is -2.30. The number of nitrogens with one attached hydrogen (secondary N) is 1. The first-order valence-corrected chi connectivity index (χ1v) is 13.0. The Balaban J connectivity index is 1.31. The molecule has 0 aliphatic rings. The van der Waals surface area contributed by atoms with Crippen LogP contribution in [0.4, 0.5) is 10.1 Å². The highest BCUT2D eigenvalue weighted by molar-refractivity contribution is 7.89. The maximum Gasteiger partial charge on any atom is 0.277 e. The highest BCUT2D eigenvalue weighted by atomic mass is 32.2. The molecule has 0 fully saturated rings. The second kappa shape index (κ2) is 10.8. The van der Waals surface area contributed by atoms with E-state index >= 15 is 0 Å². The van der Waals surface area contributed by atoms with Crippen LogP contribution in [0.3, 0.4) is 0 Å². The smallest absolute Gasteiger partial charge is 0.277 e. The number of carbonyl (C=O) groups is 1. The number of anilines is 1. The van der Waals surface area contributed by atoms with Gasteiger partial charge in [-0.1, -0.05) is 35.5 Å². The molecule has 0 bridgehead atoms. The van der Waals surface area contributed by atoms with Gasteiger partial charge in [-0.25, -0.2) is 12.8 Å². The van der Waals surface area contributed by atoms with Crippen molar-refractivity contribution in [3.63, 3.8) is 0 Å². The SMILES string of the molecule is O=C(Nc1ccc(S(=O)(=O)N(Cc2ccccc2)Cc2ccco2)cc1)c1cc(-c2ccc(F)cc2)on1. The van der Waals surface area contributed by atoms with Gasteiger partial charge in [0.1, 0.15) is 11.6 Å². The van der Waals surface area contributed by atoms with Crippen molar-refractivity contribution in [3.8, 4) is 11.3 Å². The van der Waals surface area contributed by atoms with E-state index in [4.69, 9.17) is 8.94 Å².